The molecule has 0 spiro atoms. The van der Waals surface area contributed by atoms with Gasteiger partial charge < -0.3 is 24.4 Å². The minimum Gasteiger partial charge on any atom is -0.368 e. The molecule has 0 saturated carbocycles. The number of hydrogen-bond donors (Lipinski definition) is 0. The van der Waals surface area contributed by atoms with E-state index in [-0.39, 0.29) is 22.8 Å². The molecule has 1 saturated heterocycles. The van der Waals surface area contributed by atoms with Gasteiger partial charge in [0, 0.05) is 85.7 Å². The summed E-state index contributed by atoms with van der Waals surface area (Å²) in [5.41, 5.74) is 10.9. The van der Waals surface area contributed by atoms with Crippen LogP contribution in [-0.4, -0.2) is 67.3 Å². The number of rotatable bonds is 9. The Hall–Kier alpha value is -4.06. The van der Waals surface area contributed by atoms with Crippen LogP contribution < -0.4 is 9.80 Å². The van der Waals surface area contributed by atoms with Crippen molar-refractivity contribution in [2.45, 2.75) is 90.5 Å². The Kier molecular flexibility index (Phi) is 9.74. The first kappa shape index (κ1) is 33.8. The zero-order chi connectivity index (χ0) is 34.1. The third kappa shape index (κ3) is 6.03. The van der Waals surface area contributed by atoms with Gasteiger partial charge in [0.1, 0.15) is 6.29 Å². The number of carbonyl (C=O) groups is 2. The van der Waals surface area contributed by atoms with Gasteiger partial charge in [-0.1, -0.05) is 82.3 Å². The summed E-state index contributed by atoms with van der Waals surface area (Å²) in [4.78, 5) is 33.2. The molecule has 3 aliphatic heterocycles. The van der Waals surface area contributed by atoms with Crippen molar-refractivity contribution in [2.24, 2.45) is 0 Å². The van der Waals surface area contributed by atoms with E-state index in [0.29, 0.717) is 25.9 Å². The fraction of sp³-hybridized carbons (Fsp3) is 0.476. The second kappa shape index (κ2) is 13.8. The van der Waals surface area contributed by atoms with Crippen LogP contribution in [0.2, 0.25) is 0 Å². The van der Waals surface area contributed by atoms with Gasteiger partial charge in [-0.3, -0.25) is 4.79 Å². The average Bonchev–Trinajstić information content (AvgIpc) is 3.46. The SMILES string of the molecule is CCN1/C(=C/C=C2\CCCC(/C=C/C3N(CC)c4ccccc4C3(C)C)=C2N2CCN(C(=O)CCC=O)CC2)C(C)(C)c2ccccc21. The molecule has 4 aliphatic rings. The summed E-state index contributed by atoms with van der Waals surface area (Å²) in [5, 5.41) is 0. The number of fused-ring (bicyclic) bond motifs is 2. The summed E-state index contributed by atoms with van der Waals surface area (Å²) in [5.74, 6) is 0.0883. The Bertz CT molecular complexity index is 1650. The number of hydrogen-bond acceptors (Lipinski definition) is 5. The molecule has 2 aromatic carbocycles. The van der Waals surface area contributed by atoms with E-state index in [1.165, 1.54) is 45.0 Å². The molecule has 1 unspecified atom stereocenters. The molecule has 1 amide bonds. The minimum atomic E-state index is -0.0783. The Morgan fingerprint density at radius 3 is 2.23 bits per heavy atom. The van der Waals surface area contributed by atoms with Crippen molar-refractivity contribution in [3.63, 3.8) is 0 Å². The number of nitrogens with zero attached hydrogens (tertiary/aromatic N) is 4. The van der Waals surface area contributed by atoms with Crippen molar-refractivity contribution in [3.8, 4) is 0 Å². The van der Waals surface area contributed by atoms with Crippen LogP contribution in [0.4, 0.5) is 11.4 Å². The lowest BCUT2D eigenvalue weighted by Crippen LogP contribution is -2.48. The molecule has 6 heteroatoms. The number of carbonyl (C=O) groups excluding carboxylic acids is 2. The van der Waals surface area contributed by atoms with Crippen molar-refractivity contribution in [1.29, 1.82) is 0 Å². The lowest BCUT2D eigenvalue weighted by Gasteiger charge is -2.40. The van der Waals surface area contributed by atoms with Crippen LogP contribution in [-0.2, 0) is 20.4 Å². The highest BCUT2D eigenvalue weighted by molar-refractivity contribution is 5.78. The molecule has 0 N–H and O–H groups in total. The van der Waals surface area contributed by atoms with Gasteiger partial charge >= 0.3 is 0 Å². The summed E-state index contributed by atoms with van der Waals surface area (Å²) in [6, 6.07) is 18.0. The van der Waals surface area contributed by atoms with Crippen molar-refractivity contribution in [3.05, 3.63) is 107 Å². The van der Waals surface area contributed by atoms with Gasteiger partial charge in [0.2, 0.25) is 5.91 Å². The smallest absolute Gasteiger partial charge is 0.223 e. The number of amides is 1. The highest BCUT2D eigenvalue weighted by atomic mass is 16.2. The van der Waals surface area contributed by atoms with Gasteiger partial charge in [0.15, 0.2) is 0 Å². The van der Waals surface area contributed by atoms with Gasteiger partial charge in [-0.05, 0) is 73.6 Å². The first-order chi connectivity index (χ1) is 23.1. The molecule has 2 aromatic rings. The molecular weight excluding hydrogens is 592 g/mol. The van der Waals surface area contributed by atoms with Crippen molar-refractivity contribution in [2.75, 3.05) is 49.1 Å². The molecule has 0 radical (unpaired) electrons. The predicted molar refractivity (Wildman–Crippen MR) is 198 cm³/mol. The number of likely N-dealkylation sites (N-methyl/N-ethyl adjacent to an activating group) is 2. The van der Waals surface area contributed by atoms with Crippen LogP contribution in [0.25, 0.3) is 0 Å². The number of aldehydes is 1. The van der Waals surface area contributed by atoms with E-state index in [1.807, 2.05) is 4.90 Å². The maximum absolute atomic E-state index is 12.8. The average molecular weight is 647 g/mol. The van der Waals surface area contributed by atoms with E-state index in [0.717, 1.165) is 51.7 Å². The molecule has 48 heavy (non-hydrogen) atoms. The topological polar surface area (TPSA) is 47.1 Å². The molecule has 6 nitrogen and oxygen atoms in total. The number of piperazine rings is 1. The van der Waals surface area contributed by atoms with Gasteiger partial charge in [0.05, 0.1) is 6.04 Å². The molecular formula is C42H54N4O2. The summed E-state index contributed by atoms with van der Waals surface area (Å²) in [7, 11) is 0. The van der Waals surface area contributed by atoms with Crippen LogP contribution in [0.5, 0.6) is 0 Å². The number of allylic oxidation sites excluding steroid dienone is 6. The zero-order valence-corrected chi connectivity index (χ0v) is 30.0. The minimum absolute atomic E-state index is 0.00174. The zero-order valence-electron chi connectivity index (χ0n) is 30.0. The van der Waals surface area contributed by atoms with Crippen LogP contribution in [0, 0.1) is 0 Å². The summed E-state index contributed by atoms with van der Waals surface area (Å²) in [6.45, 7) is 18.8. The Labute approximate surface area is 288 Å². The van der Waals surface area contributed by atoms with Crippen LogP contribution in [0.3, 0.4) is 0 Å². The fourth-order valence-corrected chi connectivity index (χ4v) is 8.71. The quantitative estimate of drug-likeness (QED) is 0.259. The van der Waals surface area contributed by atoms with Gasteiger partial charge in [-0.25, -0.2) is 0 Å². The second-order valence-electron chi connectivity index (χ2n) is 14.8. The highest BCUT2D eigenvalue weighted by Crippen LogP contribution is 2.48. The number of para-hydroxylation sites is 2. The first-order valence-electron chi connectivity index (χ1n) is 18.2. The lowest BCUT2D eigenvalue weighted by atomic mass is 9.79. The largest absolute Gasteiger partial charge is 0.368 e. The summed E-state index contributed by atoms with van der Waals surface area (Å²) in [6.07, 6.45) is 14.3. The fourth-order valence-electron chi connectivity index (χ4n) is 8.71. The standard InChI is InChI=1S/C42H54N4O2/c1-7-45-35-19-11-9-17-33(35)41(3,4)37(45)24-22-31-15-13-16-32(40(31)44-28-26-43(27-29-44)39(48)21-14-30-47)23-25-38-42(5,6)34-18-10-12-20-36(34)46(38)8-2/h9-12,17-20,22-25,30,37H,7-8,13-16,21,26-29H2,1-6H3/b24-22+,32-23+,38-25+. The molecule has 6 rings (SSSR count). The third-order valence-corrected chi connectivity index (χ3v) is 11.3. The van der Waals surface area contributed by atoms with Gasteiger partial charge in [-0.2, -0.15) is 0 Å². The maximum Gasteiger partial charge on any atom is 0.223 e. The van der Waals surface area contributed by atoms with Crippen molar-refractivity contribution >= 4 is 23.6 Å². The molecule has 1 fully saturated rings. The Balaban J connectivity index is 1.37. The van der Waals surface area contributed by atoms with Crippen molar-refractivity contribution < 1.29 is 9.59 Å². The Morgan fingerprint density at radius 2 is 1.54 bits per heavy atom. The van der Waals surface area contributed by atoms with E-state index < -0.39 is 0 Å². The van der Waals surface area contributed by atoms with E-state index in [1.54, 1.807) is 0 Å². The summed E-state index contributed by atoms with van der Waals surface area (Å²) < 4.78 is 0. The van der Waals surface area contributed by atoms with E-state index in [2.05, 4.69) is 129 Å². The van der Waals surface area contributed by atoms with Crippen LogP contribution >= 0.6 is 0 Å². The van der Waals surface area contributed by atoms with E-state index in [9.17, 15) is 9.59 Å². The Morgan fingerprint density at radius 1 is 0.854 bits per heavy atom. The van der Waals surface area contributed by atoms with Crippen LogP contribution in [0.15, 0.2) is 95.4 Å². The summed E-state index contributed by atoms with van der Waals surface area (Å²) >= 11 is 0. The first-order valence-corrected chi connectivity index (χ1v) is 18.2. The van der Waals surface area contributed by atoms with Gasteiger partial charge in [-0.15, -0.1) is 0 Å². The maximum atomic E-state index is 12.8. The molecule has 0 bridgehead atoms. The van der Waals surface area contributed by atoms with Crippen LogP contribution in [0.1, 0.15) is 84.8 Å². The van der Waals surface area contributed by atoms with Crippen molar-refractivity contribution in [1.82, 2.24) is 9.80 Å². The predicted octanol–water partition coefficient (Wildman–Crippen LogP) is 7.92. The van der Waals surface area contributed by atoms with E-state index >= 15 is 0 Å². The highest BCUT2D eigenvalue weighted by Gasteiger charge is 2.42. The monoisotopic (exact) mass is 646 g/mol. The third-order valence-electron chi connectivity index (χ3n) is 11.3. The number of anilines is 2. The second-order valence-corrected chi connectivity index (χ2v) is 14.8. The lowest BCUT2D eigenvalue weighted by molar-refractivity contribution is -0.133. The molecule has 3 heterocycles. The van der Waals surface area contributed by atoms with E-state index in [4.69, 9.17) is 0 Å². The molecule has 1 atom stereocenters. The molecule has 1 aliphatic carbocycles. The molecule has 0 aromatic heterocycles. The van der Waals surface area contributed by atoms with Gasteiger partial charge in [0.25, 0.3) is 0 Å². The molecule has 254 valence electrons. The number of benzene rings is 2. The normalized spacial score (nSPS) is 23.4.